The lowest BCUT2D eigenvalue weighted by Crippen LogP contribution is -1.98. The molecule has 12 heavy (non-hydrogen) atoms. The van der Waals surface area contributed by atoms with Gasteiger partial charge in [0.2, 0.25) is 0 Å². The Morgan fingerprint density at radius 2 is 2.08 bits per heavy atom. The highest BCUT2D eigenvalue weighted by Gasteiger charge is 2.27. The third-order valence-corrected chi connectivity index (χ3v) is 2.12. The van der Waals surface area contributed by atoms with E-state index in [1.54, 1.807) is 0 Å². The van der Waals surface area contributed by atoms with E-state index in [0.717, 1.165) is 29.1 Å². The maximum Gasteiger partial charge on any atom is 0.108 e. The molecule has 0 amide bonds. The van der Waals surface area contributed by atoms with E-state index in [1.165, 1.54) is 0 Å². The van der Waals surface area contributed by atoms with Crippen LogP contribution in [0.15, 0.2) is 12.1 Å². The van der Waals surface area contributed by atoms with Crippen molar-refractivity contribution in [2.75, 3.05) is 18.1 Å². The smallest absolute Gasteiger partial charge is 0.108 e. The Labute approximate surface area is 71.3 Å². The van der Waals surface area contributed by atoms with Gasteiger partial charge in [-0.2, -0.15) is 0 Å². The first-order valence-electron chi connectivity index (χ1n) is 3.95. The molecule has 0 spiro atoms. The van der Waals surface area contributed by atoms with Crippen LogP contribution in [0.25, 0.3) is 0 Å². The van der Waals surface area contributed by atoms with Gasteiger partial charge in [-0.25, -0.2) is 0 Å². The van der Waals surface area contributed by atoms with Gasteiger partial charge in [0.05, 0.1) is 6.61 Å². The number of anilines is 2. The molecule has 0 saturated carbocycles. The predicted molar refractivity (Wildman–Crippen MR) is 48.7 cm³/mol. The van der Waals surface area contributed by atoms with Crippen molar-refractivity contribution in [1.82, 2.24) is 0 Å². The number of epoxide rings is 1. The molecular formula is C9H12N2O. The minimum absolute atomic E-state index is 0.187. The molecule has 1 aliphatic rings. The highest BCUT2D eigenvalue weighted by atomic mass is 16.6. The maximum atomic E-state index is 5.86. The van der Waals surface area contributed by atoms with Crippen molar-refractivity contribution in [1.29, 1.82) is 0 Å². The number of benzene rings is 1. The van der Waals surface area contributed by atoms with E-state index in [0.29, 0.717) is 0 Å². The molecule has 1 aliphatic heterocycles. The quantitative estimate of drug-likeness (QED) is 0.484. The second-order valence-electron chi connectivity index (χ2n) is 3.16. The summed E-state index contributed by atoms with van der Waals surface area (Å²) in [4.78, 5) is 0. The standard InChI is InChI=1S/C9H12N2O/c1-5-2-6(10)3-7(9(5)11)8-4-12-8/h2-3,8H,4,10-11H2,1H3. The Morgan fingerprint density at radius 1 is 1.42 bits per heavy atom. The van der Waals surface area contributed by atoms with Crippen molar-refractivity contribution in [3.63, 3.8) is 0 Å². The fraction of sp³-hybridized carbons (Fsp3) is 0.333. The van der Waals surface area contributed by atoms with Gasteiger partial charge in [-0.05, 0) is 24.6 Å². The van der Waals surface area contributed by atoms with Crippen LogP contribution in [0, 0.1) is 6.92 Å². The Hall–Kier alpha value is -1.22. The summed E-state index contributed by atoms with van der Waals surface area (Å²) in [5.41, 5.74) is 15.2. The first-order valence-corrected chi connectivity index (χ1v) is 3.95. The van der Waals surface area contributed by atoms with Crippen LogP contribution in [0.4, 0.5) is 11.4 Å². The van der Waals surface area contributed by atoms with Crippen LogP contribution in [0.3, 0.4) is 0 Å². The Morgan fingerprint density at radius 3 is 2.67 bits per heavy atom. The molecule has 2 rings (SSSR count). The summed E-state index contributed by atoms with van der Waals surface area (Å²) in [6.07, 6.45) is 0.187. The molecule has 0 radical (unpaired) electrons. The SMILES string of the molecule is Cc1cc(N)cc(C2CO2)c1N. The summed E-state index contributed by atoms with van der Waals surface area (Å²) in [6, 6.07) is 3.77. The van der Waals surface area contributed by atoms with Crippen LogP contribution in [-0.2, 0) is 4.74 Å². The maximum absolute atomic E-state index is 5.86. The van der Waals surface area contributed by atoms with Gasteiger partial charge < -0.3 is 16.2 Å². The normalized spacial score (nSPS) is 20.9. The molecule has 1 unspecified atom stereocenters. The first kappa shape index (κ1) is 7.43. The molecule has 1 aromatic rings. The van der Waals surface area contributed by atoms with Crippen molar-refractivity contribution in [3.8, 4) is 0 Å². The van der Waals surface area contributed by atoms with Crippen LogP contribution in [0.2, 0.25) is 0 Å². The molecule has 1 atom stereocenters. The zero-order valence-electron chi connectivity index (χ0n) is 7.00. The van der Waals surface area contributed by atoms with Gasteiger partial charge in [0, 0.05) is 16.9 Å². The monoisotopic (exact) mass is 164 g/mol. The summed E-state index contributed by atoms with van der Waals surface area (Å²) in [5.74, 6) is 0. The van der Waals surface area contributed by atoms with Gasteiger partial charge >= 0.3 is 0 Å². The molecule has 1 heterocycles. The number of ether oxygens (including phenoxy) is 1. The molecule has 3 nitrogen and oxygen atoms in total. The molecule has 1 aromatic carbocycles. The van der Waals surface area contributed by atoms with E-state index >= 15 is 0 Å². The zero-order chi connectivity index (χ0) is 8.72. The van der Waals surface area contributed by atoms with E-state index in [4.69, 9.17) is 16.2 Å². The molecular weight excluding hydrogens is 152 g/mol. The molecule has 3 heteroatoms. The van der Waals surface area contributed by atoms with E-state index < -0.39 is 0 Å². The first-order chi connectivity index (χ1) is 5.68. The Bertz CT molecular complexity index is 319. The summed E-state index contributed by atoms with van der Waals surface area (Å²) in [6.45, 7) is 2.73. The molecule has 1 saturated heterocycles. The van der Waals surface area contributed by atoms with Crippen molar-refractivity contribution in [3.05, 3.63) is 23.3 Å². The second-order valence-corrected chi connectivity index (χ2v) is 3.16. The van der Waals surface area contributed by atoms with Gasteiger partial charge in [0.25, 0.3) is 0 Å². The van der Waals surface area contributed by atoms with E-state index in [9.17, 15) is 0 Å². The largest absolute Gasteiger partial charge is 0.399 e. The van der Waals surface area contributed by atoms with Crippen LogP contribution < -0.4 is 11.5 Å². The minimum Gasteiger partial charge on any atom is -0.399 e. The van der Waals surface area contributed by atoms with Gasteiger partial charge in [-0.3, -0.25) is 0 Å². The van der Waals surface area contributed by atoms with Crippen LogP contribution in [-0.4, -0.2) is 6.61 Å². The topological polar surface area (TPSA) is 64.6 Å². The lowest BCUT2D eigenvalue weighted by Gasteiger charge is -2.06. The van der Waals surface area contributed by atoms with Crippen molar-refractivity contribution in [2.24, 2.45) is 0 Å². The number of hydrogen-bond acceptors (Lipinski definition) is 3. The highest BCUT2D eigenvalue weighted by Crippen LogP contribution is 2.36. The van der Waals surface area contributed by atoms with Gasteiger partial charge in [-0.1, -0.05) is 0 Å². The molecule has 0 bridgehead atoms. The molecule has 0 aliphatic carbocycles. The highest BCUT2D eigenvalue weighted by molar-refractivity contribution is 5.62. The van der Waals surface area contributed by atoms with Gasteiger partial charge in [0.15, 0.2) is 0 Å². The van der Waals surface area contributed by atoms with E-state index in [2.05, 4.69) is 0 Å². The summed E-state index contributed by atoms with van der Waals surface area (Å²) in [7, 11) is 0. The third-order valence-electron chi connectivity index (χ3n) is 2.12. The van der Waals surface area contributed by atoms with E-state index in [-0.39, 0.29) is 6.10 Å². The fourth-order valence-corrected chi connectivity index (χ4v) is 1.35. The number of hydrogen-bond donors (Lipinski definition) is 2. The zero-order valence-corrected chi connectivity index (χ0v) is 7.00. The van der Waals surface area contributed by atoms with Crippen LogP contribution in [0.1, 0.15) is 17.2 Å². The van der Waals surface area contributed by atoms with E-state index in [1.807, 2.05) is 19.1 Å². The summed E-state index contributed by atoms with van der Waals surface area (Å²) < 4.78 is 5.15. The molecule has 1 fully saturated rings. The summed E-state index contributed by atoms with van der Waals surface area (Å²) >= 11 is 0. The Balaban J connectivity index is 2.51. The number of aryl methyl sites for hydroxylation is 1. The number of rotatable bonds is 1. The van der Waals surface area contributed by atoms with Gasteiger partial charge in [0.1, 0.15) is 6.10 Å². The third kappa shape index (κ3) is 1.12. The fourth-order valence-electron chi connectivity index (χ4n) is 1.35. The second kappa shape index (κ2) is 2.38. The molecule has 4 N–H and O–H groups in total. The average molecular weight is 164 g/mol. The lowest BCUT2D eigenvalue weighted by atomic mass is 10.0. The molecule has 64 valence electrons. The van der Waals surface area contributed by atoms with Crippen molar-refractivity contribution < 1.29 is 4.74 Å². The van der Waals surface area contributed by atoms with Crippen molar-refractivity contribution >= 4 is 11.4 Å². The number of nitrogens with two attached hydrogens (primary N) is 2. The lowest BCUT2D eigenvalue weighted by molar-refractivity contribution is 0.416. The van der Waals surface area contributed by atoms with Crippen LogP contribution >= 0.6 is 0 Å². The minimum atomic E-state index is 0.187. The van der Waals surface area contributed by atoms with Crippen LogP contribution in [0.5, 0.6) is 0 Å². The Kier molecular flexibility index (Phi) is 1.48. The molecule has 0 aromatic heterocycles. The van der Waals surface area contributed by atoms with Gasteiger partial charge in [-0.15, -0.1) is 0 Å². The van der Waals surface area contributed by atoms with Crippen molar-refractivity contribution in [2.45, 2.75) is 13.0 Å². The predicted octanol–water partition coefficient (Wildman–Crippen LogP) is 1.23. The number of nitrogen functional groups attached to an aromatic ring is 2. The summed E-state index contributed by atoms with van der Waals surface area (Å²) in [5, 5.41) is 0. The average Bonchev–Trinajstić information content (AvgIpc) is 2.79.